The van der Waals surface area contributed by atoms with Gasteiger partial charge in [0.2, 0.25) is 21.7 Å². The van der Waals surface area contributed by atoms with Crippen LogP contribution < -0.4 is 11.1 Å². The van der Waals surface area contributed by atoms with Gasteiger partial charge in [0, 0.05) is 38.7 Å². The van der Waals surface area contributed by atoms with Crippen LogP contribution in [0.2, 0.25) is 0 Å². The van der Waals surface area contributed by atoms with E-state index in [4.69, 9.17) is 10.2 Å². The first-order chi connectivity index (χ1) is 12.3. The number of hydrogen-bond acceptors (Lipinski definition) is 7. The fraction of sp³-hybridized carbons (Fsp3) is 0.625. The van der Waals surface area contributed by atoms with Gasteiger partial charge in [-0.3, -0.25) is 4.79 Å². The third kappa shape index (κ3) is 5.22. The lowest BCUT2D eigenvalue weighted by Crippen LogP contribution is -2.46. The smallest absolute Gasteiger partial charge is 0.373 e. The van der Waals surface area contributed by atoms with Crippen molar-refractivity contribution in [2.24, 2.45) is 11.7 Å². The number of amides is 1. The first kappa shape index (κ1) is 23.4. The van der Waals surface area contributed by atoms with Crippen molar-refractivity contribution < 1.29 is 27.2 Å². The molecule has 0 bridgehead atoms. The van der Waals surface area contributed by atoms with E-state index < -0.39 is 21.9 Å². The zero-order chi connectivity index (χ0) is 19.3. The van der Waals surface area contributed by atoms with Gasteiger partial charge in [0.05, 0.1) is 13.0 Å². The Labute approximate surface area is 165 Å². The van der Waals surface area contributed by atoms with Crippen molar-refractivity contribution in [1.82, 2.24) is 9.62 Å². The van der Waals surface area contributed by atoms with Crippen molar-refractivity contribution in [3.8, 4) is 0 Å². The molecule has 9 nitrogen and oxygen atoms in total. The summed E-state index contributed by atoms with van der Waals surface area (Å²) < 4.78 is 37.3. The van der Waals surface area contributed by atoms with Crippen molar-refractivity contribution in [2.75, 3.05) is 33.3 Å². The predicted molar refractivity (Wildman–Crippen MR) is 100 cm³/mol. The van der Waals surface area contributed by atoms with Crippen LogP contribution in [0.25, 0.3) is 0 Å². The Kier molecular flexibility index (Phi) is 8.73. The lowest BCUT2D eigenvalue weighted by atomic mass is 9.99. The van der Waals surface area contributed by atoms with Crippen molar-refractivity contribution in [1.29, 1.82) is 0 Å². The van der Waals surface area contributed by atoms with Gasteiger partial charge in [0.1, 0.15) is 10.7 Å². The highest BCUT2D eigenvalue weighted by Gasteiger charge is 2.36. The lowest BCUT2D eigenvalue weighted by Gasteiger charge is -2.31. The molecule has 3 N–H and O–H groups in total. The van der Waals surface area contributed by atoms with E-state index in [9.17, 15) is 18.0 Å². The average molecular weight is 424 g/mol. The van der Waals surface area contributed by atoms with Crippen LogP contribution in [-0.4, -0.2) is 57.9 Å². The van der Waals surface area contributed by atoms with E-state index in [0.29, 0.717) is 38.9 Å². The van der Waals surface area contributed by atoms with Gasteiger partial charge in [0.25, 0.3) is 0 Å². The van der Waals surface area contributed by atoms with Gasteiger partial charge in [0.15, 0.2) is 0 Å². The minimum absolute atomic E-state index is 0. The average Bonchev–Trinajstić information content (AvgIpc) is 3.10. The maximum absolute atomic E-state index is 13.0. The molecular weight excluding hydrogens is 398 g/mol. The molecule has 1 aromatic rings. The lowest BCUT2D eigenvalue weighted by molar-refractivity contribution is -0.126. The van der Waals surface area contributed by atoms with E-state index in [1.165, 1.54) is 17.5 Å². The Morgan fingerprint density at radius 1 is 1.44 bits per heavy atom. The normalized spacial score (nSPS) is 17.8. The second-order valence-electron chi connectivity index (χ2n) is 6.03. The fourth-order valence-corrected chi connectivity index (χ4v) is 4.68. The summed E-state index contributed by atoms with van der Waals surface area (Å²) in [6.07, 6.45) is 1.49. The number of ether oxygens (including phenoxy) is 1. The minimum atomic E-state index is -3.89. The van der Waals surface area contributed by atoms with Gasteiger partial charge in [-0.15, -0.1) is 12.4 Å². The molecule has 1 aromatic heterocycles. The van der Waals surface area contributed by atoms with Gasteiger partial charge in [-0.05, 0) is 12.8 Å². The summed E-state index contributed by atoms with van der Waals surface area (Å²) in [6, 6.07) is 1.19. The second-order valence-corrected chi connectivity index (χ2v) is 7.93. The van der Waals surface area contributed by atoms with Crippen LogP contribution in [0.15, 0.2) is 15.4 Å². The second kappa shape index (κ2) is 10.1. The summed E-state index contributed by atoms with van der Waals surface area (Å²) in [5.41, 5.74) is 5.38. The highest BCUT2D eigenvalue weighted by Crippen LogP contribution is 2.29. The largest absolute Gasteiger partial charge is 0.463 e. The zero-order valence-corrected chi connectivity index (χ0v) is 17.0. The number of furan rings is 1. The third-order valence-corrected chi connectivity index (χ3v) is 6.21. The Morgan fingerprint density at radius 3 is 2.74 bits per heavy atom. The van der Waals surface area contributed by atoms with Crippen LogP contribution in [0.1, 0.15) is 36.1 Å². The number of hydrogen-bond donors (Lipinski definition) is 2. The van der Waals surface area contributed by atoms with E-state index in [0.717, 1.165) is 0 Å². The molecule has 154 valence electrons. The number of carbonyl (C=O) groups excluding carboxylic acids is 2. The van der Waals surface area contributed by atoms with E-state index in [-0.39, 0.29) is 41.3 Å². The van der Waals surface area contributed by atoms with Gasteiger partial charge < -0.3 is 20.2 Å². The molecule has 27 heavy (non-hydrogen) atoms. The standard InChI is InChI=1S/C16H25N3O6S.ClH/c1-3-12-14(9-13(25-12)16(21)24-2)26(22,23)19-8-4-5-11(10-19)15(20)18-7-6-17;/h9,11H,3-8,10,17H2,1-2H3,(H,18,20);1H. The van der Waals surface area contributed by atoms with Crippen LogP contribution in [-0.2, 0) is 26.0 Å². The van der Waals surface area contributed by atoms with Crippen LogP contribution in [0.4, 0.5) is 0 Å². The molecule has 11 heteroatoms. The van der Waals surface area contributed by atoms with Crippen LogP contribution in [0.5, 0.6) is 0 Å². The monoisotopic (exact) mass is 423 g/mol. The number of aryl methyl sites for hydroxylation is 1. The molecule has 1 saturated heterocycles. The molecule has 0 aliphatic carbocycles. The SMILES string of the molecule is CCc1oc(C(=O)OC)cc1S(=O)(=O)N1CCCC(C(=O)NCCN)C1.Cl. The number of esters is 1. The Bertz CT molecular complexity index is 764. The molecule has 1 aliphatic heterocycles. The zero-order valence-electron chi connectivity index (χ0n) is 15.4. The van der Waals surface area contributed by atoms with Crippen molar-refractivity contribution >= 4 is 34.3 Å². The number of nitrogens with one attached hydrogen (secondary N) is 1. The number of carbonyl (C=O) groups is 2. The van der Waals surface area contributed by atoms with Crippen molar-refractivity contribution in [2.45, 2.75) is 31.1 Å². The molecular formula is C16H26ClN3O6S. The quantitative estimate of drug-likeness (QED) is 0.611. The Morgan fingerprint density at radius 2 is 2.15 bits per heavy atom. The molecule has 0 saturated carbocycles. The molecule has 1 fully saturated rings. The van der Waals surface area contributed by atoms with Gasteiger partial charge in [-0.25, -0.2) is 13.2 Å². The van der Waals surface area contributed by atoms with Gasteiger partial charge in [-0.2, -0.15) is 4.31 Å². The number of methoxy groups -OCH3 is 1. The summed E-state index contributed by atoms with van der Waals surface area (Å²) in [7, 11) is -2.69. The summed E-state index contributed by atoms with van der Waals surface area (Å²) in [5.74, 6) is -1.33. The molecule has 1 aliphatic rings. The first-order valence-electron chi connectivity index (χ1n) is 8.54. The highest BCUT2D eigenvalue weighted by atomic mass is 35.5. The van der Waals surface area contributed by atoms with Gasteiger partial charge >= 0.3 is 5.97 Å². The molecule has 1 amide bonds. The molecule has 2 heterocycles. The number of nitrogens with two attached hydrogens (primary N) is 1. The van der Waals surface area contributed by atoms with Crippen LogP contribution in [0.3, 0.4) is 0 Å². The summed E-state index contributed by atoms with van der Waals surface area (Å²) >= 11 is 0. The first-order valence-corrected chi connectivity index (χ1v) is 9.98. The van der Waals surface area contributed by atoms with Crippen molar-refractivity contribution in [3.05, 3.63) is 17.6 Å². The molecule has 0 radical (unpaired) electrons. The number of piperidine rings is 1. The maximum atomic E-state index is 13.0. The summed E-state index contributed by atoms with van der Waals surface area (Å²) in [5, 5.41) is 2.70. The Balaban J connectivity index is 0.00000364. The topological polar surface area (TPSA) is 132 Å². The molecule has 2 rings (SSSR count). The fourth-order valence-electron chi connectivity index (χ4n) is 2.93. The minimum Gasteiger partial charge on any atom is -0.463 e. The van der Waals surface area contributed by atoms with Gasteiger partial charge in [-0.1, -0.05) is 6.92 Å². The number of nitrogens with zero attached hydrogens (tertiary/aromatic N) is 1. The van der Waals surface area contributed by atoms with Crippen molar-refractivity contribution in [3.63, 3.8) is 0 Å². The van der Waals surface area contributed by atoms with Crippen LogP contribution in [0, 0.1) is 5.92 Å². The highest BCUT2D eigenvalue weighted by molar-refractivity contribution is 7.89. The van der Waals surface area contributed by atoms with E-state index in [1.54, 1.807) is 6.92 Å². The predicted octanol–water partition coefficient (Wildman–Crippen LogP) is 0.526. The number of halogens is 1. The molecule has 0 aromatic carbocycles. The number of rotatable bonds is 7. The molecule has 0 spiro atoms. The summed E-state index contributed by atoms with van der Waals surface area (Å²) in [6.45, 7) is 2.81. The van der Waals surface area contributed by atoms with E-state index in [2.05, 4.69) is 10.1 Å². The maximum Gasteiger partial charge on any atom is 0.373 e. The molecule has 1 unspecified atom stereocenters. The van der Waals surface area contributed by atoms with Crippen LogP contribution >= 0.6 is 12.4 Å². The van der Waals surface area contributed by atoms with E-state index >= 15 is 0 Å². The number of sulfonamides is 1. The Hall–Kier alpha value is -1.62. The third-order valence-electron chi connectivity index (χ3n) is 4.29. The summed E-state index contributed by atoms with van der Waals surface area (Å²) in [4.78, 5) is 23.8. The molecule has 1 atom stereocenters. The van der Waals surface area contributed by atoms with E-state index in [1.807, 2.05) is 0 Å².